The highest BCUT2D eigenvalue weighted by Gasteiger charge is 2.35. The molecule has 0 saturated carbocycles. The fraction of sp³-hybridized carbons (Fsp3) is 0.440. The molecular weight excluding hydrogens is 429 g/mol. The Kier molecular flexibility index (Phi) is 7.43. The predicted molar refractivity (Wildman–Crippen MR) is 124 cm³/mol. The van der Waals surface area contributed by atoms with Crippen LogP contribution in [0.2, 0.25) is 5.02 Å². The first-order valence-corrected chi connectivity index (χ1v) is 11.7. The van der Waals surface area contributed by atoms with E-state index in [0.29, 0.717) is 12.2 Å². The van der Waals surface area contributed by atoms with Crippen LogP contribution in [0.4, 0.5) is 10.1 Å². The third-order valence-corrected chi connectivity index (χ3v) is 6.80. The molecule has 32 heavy (non-hydrogen) atoms. The molecule has 0 radical (unpaired) electrons. The van der Waals surface area contributed by atoms with Crippen molar-refractivity contribution < 1.29 is 14.0 Å². The van der Waals surface area contributed by atoms with E-state index in [-0.39, 0.29) is 29.8 Å². The maximum Gasteiger partial charge on any atom is 0.227 e. The molecule has 5 nitrogen and oxygen atoms in total. The van der Waals surface area contributed by atoms with Crippen molar-refractivity contribution in [3.63, 3.8) is 0 Å². The lowest BCUT2D eigenvalue weighted by atomic mass is 9.90. The Hall–Kier alpha value is -2.44. The summed E-state index contributed by atoms with van der Waals surface area (Å²) < 4.78 is 13.4. The molecule has 2 saturated heterocycles. The third-order valence-electron chi connectivity index (χ3n) is 6.51. The summed E-state index contributed by atoms with van der Waals surface area (Å²) in [6.45, 7) is 3.79. The topological polar surface area (TPSA) is 52.7 Å². The molecule has 0 bridgehead atoms. The standard InChI is InChI=1S/C25H29ClFN3O2/c26-22-16-21(6-7-23(22)27)30-17-20(15-24(30)31)25(32)28-10-13-29-11-8-19(9-12-29)14-18-4-2-1-3-5-18/h1-7,16,19-20H,8-15,17H2,(H,28,32)/t20-/m1/s1. The zero-order valence-electron chi connectivity index (χ0n) is 18.1. The highest BCUT2D eigenvalue weighted by atomic mass is 35.5. The van der Waals surface area contributed by atoms with Gasteiger partial charge in [0.15, 0.2) is 0 Å². The van der Waals surface area contributed by atoms with E-state index in [1.165, 1.54) is 41.5 Å². The van der Waals surface area contributed by atoms with Crippen LogP contribution in [0.15, 0.2) is 48.5 Å². The second-order valence-electron chi connectivity index (χ2n) is 8.77. The summed E-state index contributed by atoms with van der Waals surface area (Å²) in [5, 5.41) is 2.96. The Morgan fingerprint density at radius 1 is 1.12 bits per heavy atom. The highest BCUT2D eigenvalue weighted by molar-refractivity contribution is 6.31. The van der Waals surface area contributed by atoms with Gasteiger partial charge in [0.05, 0.1) is 10.9 Å². The molecule has 2 heterocycles. The molecule has 1 N–H and O–H groups in total. The number of rotatable bonds is 7. The summed E-state index contributed by atoms with van der Waals surface area (Å²) in [7, 11) is 0. The Balaban J connectivity index is 1.18. The van der Waals surface area contributed by atoms with E-state index in [1.807, 2.05) is 0 Å². The second-order valence-corrected chi connectivity index (χ2v) is 9.18. The second kappa shape index (κ2) is 10.5. The van der Waals surface area contributed by atoms with Gasteiger partial charge >= 0.3 is 0 Å². The van der Waals surface area contributed by atoms with Crippen LogP contribution in [0.1, 0.15) is 24.8 Å². The summed E-state index contributed by atoms with van der Waals surface area (Å²) in [5.41, 5.74) is 1.93. The number of likely N-dealkylation sites (tertiary alicyclic amines) is 1. The van der Waals surface area contributed by atoms with Crippen molar-refractivity contribution in [2.45, 2.75) is 25.7 Å². The first-order chi connectivity index (χ1) is 15.5. The van der Waals surface area contributed by atoms with E-state index in [1.54, 1.807) is 0 Å². The van der Waals surface area contributed by atoms with Crippen molar-refractivity contribution in [1.82, 2.24) is 10.2 Å². The van der Waals surface area contributed by atoms with Crippen molar-refractivity contribution >= 4 is 29.1 Å². The molecule has 7 heteroatoms. The predicted octanol–water partition coefficient (Wildman–Crippen LogP) is 3.90. The zero-order valence-corrected chi connectivity index (χ0v) is 18.9. The van der Waals surface area contributed by atoms with Crippen LogP contribution < -0.4 is 10.2 Å². The number of piperidine rings is 1. The quantitative estimate of drug-likeness (QED) is 0.686. The Morgan fingerprint density at radius 3 is 2.59 bits per heavy atom. The van der Waals surface area contributed by atoms with Gasteiger partial charge in [0.1, 0.15) is 5.82 Å². The van der Waals surface area contributed by atoms with E-state index in [2.05, 4.69) is 40.5 Å². The molecule has 0 spiro atoms. The van der Waals surface area contributed by atoms with Gasteiger partial charge in [-0.05, 0) is 62.0 Å². The van der Waals surface area contributed by atoms with Gasteiger partial charge in [0.2, 0.25) is 11.8 Å². The van der Waals surface area contributed by atoms with Crippen LogP contribution in [-0.2, 0) is 16.0 Å². The molecule has 2 aromatic carbocycles. The molecular formula is C25H29ClFN3O2. The minimum atomic E-state index is -0.527. The summed E-state index contributed by atoms with van der Waals surface area (Å²) in [6, 6.07) is 14.8. The van der Waals surface area contributed by atoms with Crippen LogP contribution in [0, 0.1) is 17.7 Å². The third kappa shape index (κ3) is 5.67. The number of anilines is 1. The number of nitrogens with one attached hydrogen (secondary N) is 1. The number of hydrogen-bond acceptors (Lipinski definition) is 3. The van der Waals surface area contributed by atoms with Crippen molar-refractivity contribution in [3.05, 3.63) is 64.9 Å². The average molecular weight is 458 g/mol. The Labute approximate surface area is 193 Å². The molecule has 0 unspecified atom stereocenters. The SMILES string of the molecule is O=C(NCCN1CCC(Cc2ccccc2)CC1)[C@@H]1CC(=O)N(c2ccc(F)c(Cl)c2)C1. The van der Waals surface area contributed by atoms with Gasteiger partial charge in [0.25, 0.3) is 0 Å². The normalized spacial score (nSPS) is 20.0. The van der Waals surface area contributed by atoms with Crippen LogP contribution >= 0.6 is 11.6 Å². The summed E-state index contributed by atoms with van der Waals surface area (Å²) >= 11 is 5.83. The lowest BCUT2D eigenvalue weighted by Crippen LogP contribution is -2.41. The van der Waals surface area contributed by atoms with Crippen LogP contribution in [0.3, 0.4) is 0 Å². The Bertz CT molecular complexity index is 947. The number of halogens is 2. The largest absolute Gasteiger partial charge is 0.355 e. The van der Waals surface area contributed by atoms with Crippen LogP contribution in [-0.4, -0.2) is 49.4 Å². The fourth-order valence-electron chi connectivity index (χ4n) is 4.63. The molecule has 2 fully saturated rings. The van der Waals surface area contributed by atoms with E-state index in [4.69, 9.17) is 11.6 Å². The van der Waals surface area contributed by atoms with Gasteiger partial charge < -0.3 is 15.1 Å². The number of hydrogen-bond donors (Lipinski definition) is 1. The van der Waals surface area contributed by atoms with Gasteiger partial charge in [-0.3, -0.25) is 9.59 Å². The number of carbonyl (C=O) groups is 2. The first-order valence-electron chi connectivity index (χ1n) is 11.3. The monoisotopic (exact) mass is 457 g/mol. The number of carbonyl (C=O) groups excluding carboxylic acids is 2. The van der Waals surface area contributed by atoms with E-state index < -0.39 is 11.7 Å². The molecule has 4 rings (SSSR count). The van der Waals surface area contributed by atoms with Crippen molar-refractivity contribution in [2.75, 3.05) is 37.6 Å². The van der Waals surface area contributed by atoms with Crippen LogP contribution in [0.25, 0.3) is 0 Å². The van der Waals surface area contributed by atoms with Gasteiger partial charge in [-0.15, -0.1) is 0 Å². The summed E-state index contributed by atoms with van der Waals surface area (Å²) in [5.74, 6) is -0.455. The van der Waals surface area contributed by atoms with Gasteiger partial charge in [-0.25, -0.2) is 4.39 Å². The molecule has 170 valence electrons. The fourth-order valence-corrected chi connectivity index (χ4v) is 4.80. The van der Waals surface area contributed by atoms with Gasteiger partial charge in [-0.1, -0.05) is 41.9 Å². The number of amides is 2. The van der Waals surface area contributed by atoms with Crippen molar-refractivity contribution in [2.24, 2.45) is 11.8 Å². The molecule has 2 aliphatic heterocycles. The summed E-state index contributed by atoms with van der Waals surface area (Å²) in [4.78, 5) is 28.9. The molecule has 0 aromatic heterocycles. The van der Waals surface area contributed by atoms with Crippen LogP contribution in [0.5, 0.6) is 0 Å². The zero-order chi connectivity index (χ0) is 22.5. The maximum absolute atomic E-state index is 13.4. The lowest BCUT2D eigenvalue weighted by Gasteiger charge is -2.32. The first kappa shape index (κ1) is 22.7. The maximum atomic E-state index is 13.4. The molecule has 2 aliphatic rings. The van der Waals surface area contributed by atoms with E-state index >= 15 is 0 Å². The highest BCUT2D eigenvalue weighted by Crippen LogP contribution is 2.28. The van der Waals surface area contributed by atoms with Gasteiger partial charge in [-0.2, -0.15) is 0 Å². The van der Waals surface area contributed by atoms with Crippen molar-refractivity contribution in [3.8, 4) is 0 Å². The van der Waals surface area contributed by atoms with Crippen molar-refractivity contribution in [1.29, 1.82) is 0 Å². The smallest absolute Gasteiger partial charge is 0.227 e. The molecule has 1 atom stereocenters. The van der Waals surface area contributed by atoms with E-state index in [9.17, 15) is 14.0 Å². The molecule has 2 amide bonds. The molecule has 0 aliphatic carbocycles. The average Bonchev–Trinajstić information content (AvgIpc) is 3.19. The minimum absolute atomic E-state index is 0.0317. The minimum Gasteiger partial charge on any atom is -0.355 e. The number of nitrogens with zero attached hydrogens (tertiary/aromatic N) is 2. The number of benzene rings is 2. The molecule has 2 aromatic rings. The lowest BCUT2D eigenvalue weighted by molar-refractivity contribution is -0.126. The Morgan fingerprint density at radius 2 is 1.88 bits per heavy atom. The van der Waals surface area contributed by atoms with Gasteiger partial charge in [0, 0.05) is 31.7 Å². The van der Waals surface area contributed by atoms with E-state index in [0.717, 1.165) is 32.0 Å². The summed E-state index contributed by atoms with van der Waals surface area (Å²) in [6.07, 6.45) is 3.65.